The van der Waals surface area contributed by atoms with Crippen molar-refractivity contribution in [2.45, 2.75) is 45.6 Å². The first-order valence-electron chi connectivity index (χ1n) is 7.69. The Morgan fingerprint density at radius 2 is 2.14 bits per heavy atom. The van der Waals surface area contributed by atoms with Gasteiger partial charge in [-0.2, -0.15) is 0 Å². The van der Waals surface area contributed by atoms with Crippen molar-refractivity contribution >= 4 is 11.7 Å². The topological polar surface area (TPSA) is 85.2 Å². The number of amides is 1. The van der Waals surface area contributed by atoms with E-state index in [9.17, 15) is 4.79 Å². The highest BCUT2D eigenvalue weighted by atomic mass is 16.1. The fraction of sp³-hybridized carbons (Fsp3) is 0.625. The molecule has 1 aromatic heterocycles. The van der Waals surface area contributed by atoms with Crippen molar-refractivity contribution in [2.24, 2.45) is 17.4 Å². The van der Waals surface area contributed by atoms with E-state index < -0.39 is 5.91 Å². The minimum absolute atomic E-state index is 0.152. The molecule has 21 heavy (non-hydrogen) atoms. The van der Waals surface area contributed by atoms with Crippen molar-refractivity contribution in [3.63, 3.8) is 0 Å². The highest BCUT2D eigenvalue weighted by Gasteiger charge is 2.21. The number of anilines is 1. The summed E-state index contributed by atoms with van der Waals surface area (Å²) in [5, 5.41) is 0. The summed E-state index contributed by atoms with van der Waals surface area (Å²) in [6.07, 6.45) is 3.95. The van der Waals surface area contributed by atoms with Crippen LogP contribution < -0.4 is 16.4 Å². The fourth-order valence-corrected chi connectivity index (χ4v) is 2.72. The SMILES string of the molecule is CC(C)C(N)CCN(C)c1nc2c(cc1C(N)=O)CCC2. The Hall–Kier alpha value is -1.62. The number of aromatic nitrogens is 1. The van der Waals surface area contributed by atoms with Gasteiger partial charge < -0.3 is 16.4 Å². The predicted molar refractivity (Wildman–Crippen MR) is 85.5 cm³/mol. The van der Waals surface area contributed by atoms with Crippen LogP contribution in [-0.2, 0) is 12.8 Å². The van der Waals surface area contributed by atoms with Gasteiger partial charge in [-0.3, -0.25) is 4.79 Å². The van der Waals surface area contributed by atoms with Gasteiger partial charge in [-0.1, -0.05) is 13.8 Å². The number of nitrogens with two attached hydrogens (primary N) is 2. The van der Waals surface area contributed by atoms with Crippen molar-refractivity contribution in [3.05, 3.63) is 22.9 Å². The van der Waals surface area contributed by atoms with E-state index in [0.717, 1.165) is 37.9 Å². The van der Waals surface area contributed by atoms with Gasteiger partial charge in [0.05, 0.1) is 5.56 Å². The highest BCUT2D eigenvalue weighted by molar-refractivity contribution is 5.98. The summed E-state index contributed by atoms with van der Waals surface area (Å²) in [5.74, 6) is 0.730. The number of rotatable bonds is 6. The molecule has 0 radical (unpaired) electrons. The first kappa shape index (κ1) is 15.8. The molecule has 0 aromatic carbocycles. The monoisotopic (exact) mass is 290 g/mol. The van der Waals surface area contributed by atoms with Crippen molar-refractivity contribution < 1.29 is 4.79 Å². The zero-order chi connectivity index (χ0) is 15.6. The molecule has 1 amide bonds. The predicted octanol–water partition coefficient (Wildman–Crippen LogP) is 1.48. The molecule has 1 atom stereocenters. The zero-order valence-electron chi connectivity index (χ0n) is 13.2. The molecule has 0 saturated heterocycles. The third kappa shape index (κ3) is 3.53. The van der Waals surface area contributed by atoms with Crippen molar-refractivity contribution in [3.8, 4) is 0 Å². The van der Waals surface area contributed by atoms with Gasteiger partial charge in [-0.25, -0.2) is 4.98 Å². The van der Waals surface area contributed by atoms with Gasteiger partial charge in [0.25, 0.3) is 5.91 Å². The zero-order valence-corrected chi connectivity index (χ0v) is 13.2. The molecule has 4 N–H and O–H groups in total. The van der Waals surface area contributed by atoms with Gasteiger partial charge in [-0.05, 0) is 43.2 Å². The van der Waals surface area contributed by atoms with E-state index in [-0.39, 0.29) is 6.04 Å². The van der Waals surface area contributed by atoms with Crippen LogP contribution in [-0.4, -0.2) is 30.5 Å². The van der Waals surface area contributed by atoms with Gasteiger partial charge >= 0.3 is 0 Å². The second-order valence-electron chi connectivity index (χ2n) is 6.30. The lowest BCUT2D eigenvalue weighted by Gasteiger charge is -2.24. The highest BCUT2D eigenvalue weighted by Crippen LogP contribution is 2.27. The van der Waals surface area contributed by atoms with Crippen LogP contribution in [0.5, 0.6) is 0 Å². The maximum Gasteiger partial charge on any atom is 0.252 e. The normalized spacial score (nSPS) is 15.1. The van der Waals surface area contributed by atoms with Crippen molar-refractivity contribution in [1.29, 1.82) is 0 Å². The maximum atomic E-state index is 11.7. The van der Waals surface area contributed by atoms with Gasteiger partial charge in [0.15, 0.2) is 0 Å². The average molecular weight is 290 g/mol. The second kappa shape index (κ2) is 6.43. The molecule has 0 spiro atoms. The number of nitrogens with zero attached hydrogens (tertiary/aromatic N) is 2. The molecule has 1 unspecified atom stereocenters. The molecule has 1 aromatic rings. The lowest BCUT2D eigenvalue weighted by molar-refractivity contribution is 0.100. The molecule has 1 aliphatic carbocycles. The maximum absolute atomic E-state index is 11.7. The number of carbonyl (C=O) groups is 1. The molecule has 0 bridgehead atoms. The molecule has 1 aliphatic rings. The Labute approximate surface area is 126 Å². The van der Waals surface area contributed by atoms with E-state index >= 15 is 0 Å². The van der Waals surface area contributed by atoms with Crippen LogP contribution in [0.3, 0.4) is 0 Å². The number of hydrogen-bond donors (Lipinski definition) is 2. The van der Waals surface area contributed by atoms with E-state index in [2.05, 4.69) is 18.8 Å². The van der Waals surface area contributed by atoms with Crippen LogP contribution >= 0.6 is 0 Å². The molecular formula is C16H26N4O. The second-order valence-corrected chi connectivity index (χ2v) is 6.30. The Balaban J connectivity index is 2.19. The summed E-state index contributed by atoms with van der Waals surface area (Å²) in [5.41, 5.74) is 14.4. The van der Waals surface area contributed by atoms with Gasteiger partial charge in [-0.15, -0.1) is 0 Å². The molecule has 116 valence electrons. The first-order valence-corrected chi connectivity index (χ1v) is 7.69. The fourth-order valence-electron chi connectivity index (χ4n) is 2.72. The lowest BCUT2D eigenvalue weighted by atomic mass is 10.0. The molecule has 0 fully saturated rings. The molecule has 5 nitrogen and oxygen atoms in total. The average Bonchev–Trinajstić information content (AvgIpc) is 2.89. The van der Waals surface area contributed by atoms with E-state index in [1.54, 1.807) is 0 Å². The molecule has 0 aliphatic heterocycles. The van der Waals surface area contributed by atoms with Crippen LogP contribution in [0.2, 0.25) is 0 Å². The van der Waals surface area contributed by atoms with E-state index in [1.807, 2.05) is 18.0 Å². The molecule has 2 rings (SSSR count). The van der Waals surface area contributed by atoms with Gasteiger partial charge in [0.1, 0.15) is 5.82 Å². The van der Waals surface area contributed by atoms with E-state index in [1.165, 1.54) is 5.56 Å². The standard InChI is InChI=1S/C16H26N4O/c1-10(2)13(17)7-8-20(3)16-12(15(18)21)9-11-5-4-6-14(11)19-16/h9-10,13H,4-8,17H2,1-3H3,(H2,18,21). The van der Waals surface area contributed by atoms with Crippen LogP contribution in [0, 0.1) is 5.92 Å². The number of fused-ring (bicyclic) bond motifs is 1. The Morgan fingerprint density at radius 3 is 2.76 bits per heavy atom. The molecule has 5 heteroatoms. The van der Waals surface area contributed by atoms with Crippen LogP contribution in [0.25, 0.3) is 0 Å². The number of aryl methyl sites for hydroxylation is 2. The van der Waals surface area contributed by atoms with E-state index in [4.69, 9.17) is 11.5 Å². The molecule has 0 saturated carbocycles. The smallest absolute Gasteiger partial charge is 0.252 e. The number of primary amides is 1. The summed E-state index contributed by atoms with van der Waals surface area (Å²) in [7, 11) is 1.95. The van der Waals surface area contributed by atoms with Crippen LogP contribution in [0.15, 0.2) is 6.07 Å². The number of hydrogen-bond acceptors (Lipinski definition) is 4. The van der Waals surface area contributed by atoms with Crippen LogP contribution in [0.1, 0.15) is 48.3 Å². The molecular weight excluding hydrogens is 264 g/mol. The third-order valence-electron chi connectivity index (χ3n) is 4.31. The Morgan fingerprint density at radius 1 is 1.43 bits per heavy atom. The summed E-state index contributed by atoms with van der Waals surface area (Å²) >= 11 is 0. The van der Waals surface area contributed by atoms with E-state index in [0.29, 0.717) is 17.3 Å². The summed E-state index contributed by atoms with van der Waals surface area (Å²) in [4.78, 5) is 18.4. The van der Waals surface area contributed by atoms with Crippen molar-refractivity contribution in [1.82, 2.24) is 4.98 Å². The lowest BCUT2D eigenvalue weighted by Crippen LogP contribution is -2.33. The summed E-state index contributed by atoms with van der Waals surface area (Å²) in [6.45, 7) is 5.01. The minimum Gasteiger partial charge on any atom is -0.365 e. The largest absolute Gasteiger partial charge is 0.365 e. The number of pyridine rings is 1. The van der Waals surface area contributed by atoms with Gasteiger partial charge in [0, 0.05) is 25.3 Å². The van der Waals surface area contributed by atoms with Crippen LogP contribution in [0.4, 0.5) is 5.82 Å². The quantitative estimate of drug-likeness (QED) is 0.831. The minimum atomic E-state index is -0.410. The number of carbonyl (C=O) groups excluding carboxylic acids is 1. The Kier molecular flexibility index (Phi) is 4.83. The van der Waals surface area contributed by atoms with Gasteiger partial charge in [0.2, 0.25) is 0 Å². The third-order valence-corrected chi connectivity index (χ3v) is 4.31. The molecule has 1 heterocycles. The Bertz CT molecular complexity index is 527. The summed E-state index contributed by atoms with van der Waals surface area (Å²) < 4.78 is 0. The van der Waals surface area contributed by atoms with Crippen molar-refractivity contribution in [2.75, 3.05) is 18.5 Å². The summed E-state index contributed by atoms with van der Waals surface area (Å²) in [6, 6.07) is 2.07. The first-order chi connectivity index (χ1) is 9.90.